The molecule has 6 aromatic carbocycles. The number of carbonyl (C=O) groups is 4. The average Bonchev–Trinajstić information content (AvgIpc) is 4.19. The second-order valence-electron chi connectivity index (χ2n) is 17.8. The fraction of sp³-hybridized carbons (Fsp3) is 0.232. The number of methoxy groups -OCH3 is 1. The Balaban J connectivity index is 1.15. The minimum Gasteiger partial charge on any atom is -0.491 e. The normalized spacial score (nSPS) is 21.1. The molecular formula is C56H48N8O9. The lowest BCUT2D eigenvalue weighted by Gasteiger charge is -2.46. The lowest BCUT2D eigenvalue weighted by Crippen LogP contribution is -2.55. The number of ether oxygens (including phenoxy) is 4. The molecule has 6 unspecified atom stereocenters. The number of benzene rings is 6. The van der Waals surface area contributed by atoms with Crippen LogP contribution < -0.4 is 15.0 Å². The van der Waals surface area contributed by atoms with Crippen molar-refractivity contribution >= 4 is 51.6 Å². The van der Waals surface area contributed by atoms with Crippen molar-refractivity contribution in [2.45, 2.75) is 42.7 Å². The number of nitrogens with one attached hydrogen (secondary N) is 2. The Morgan fingerprint density at radius 1 is 0.808 bits per heavy atom. The summed E-state index contributed by atoms with van der Waals surface area (Å²) < 4.78 is 25.1. The fourth-order valence-corrected chi connectivity index (χ4v) is 10.8. The predicted molar refractivity (Wildman–Crippen MR) is 267 cm³/mol. The van der Waals surface area contributed by atoms with Crippen LogP contribution in [0.4, 0.5) is 10.5 Å². The smallest absolute Gasteiger partial charge is 0.421 e. The van der Waals surface area contributed by atoms with Gasteiger partial charge in [-0.15, -0.1) is 5.10 Å². The summed E-state index contributed by atoms with van der Waals surface area (Å²) in [6, 6.07) is 42.4. The SMILES string of the molecule is COCCOC(=O)N1C(=O)C2(c3cc(C#CCn4nnc5ccccc54)ccc31)C(C(=O)NCc1nc3ccccc3[nH]1)C1C(=O)OC(c3ccccc3)C(c3ccccc3)N1C2c1ccc(OCCO)cc1. The summed E-state index contributed by atoms with van der Waals surface area (Å²) in [7, 11) is 1.46. The Kier molecular flexibility index (Phi) is 12.7. The zero-order valence-corrected chi connectivity index (χ0v) is 39.5. The Bertz CT molecular complexity index is 3390. The molecule has 2 saturated heterocycles. The number of fused-ring (bicyclic) bond motifs is 5. The van der Waals surface area contributed by atoms with Crippen molar-refractivity contribution in [1.29, 1.82) is 0 Å². The topological polar surface area (TPSA) is 203 Å². The lowest BCUT2D eigenvalue weighted by atomic mass is 9.65. The quantitative estimate of drug-likeness (QED) is 0.0643. The van der Waals surface area contributed by atoms with Gasteiger partial charge in [0.05, 0.1) is 60.0 Å². The fourth-order valence-electron chi connectivity index (χ4n) is 10.8. The number of anilines is 1. The number of aromatic nitrogens is 5. The summed E-state index contributed by atoms with van der Waals surface area (Å²) in [5.41, 5.74) is 3.65. The molecule has 3 aliphatic rings. The van der Waals surface area contributed by atoms with Crippen molar-refractivity contribution in [1.82, 2.24) is 35.2 Å². The first-order chi connectivity index (χ1) is 35.8. The van der Waals surface area contributed by atoms with Crippen molar-refractivity contribution in [2.24, 2.45) is 5.92 Å². The third kappa shape index (κ3) is 8.30. The Hall–Kier alpha value is -8.69. The van der Waals surface area contributed by atoms with E-state index in [0.29, 0.717) is 39.3 Å². The van der Waals surface area contributed by atoms with Crippen LogP contribution in [0.2, 0.25) is 0 Å². The predicted octanol–water partition coefficient (Wildman–Crippen LogP) is 6.50. The number of hydrogen-bond acceptors (Lipinski definition) is 13. The van der Waals surface area contributed by atoms with Crippen LogP contribution in [0.25, 0.3) is 22.1 Å². The molecular weight excluding hydrogens is 929 g/mol. The number of esters is 1. The highest BCUT2D eigenvalue weighted by Crippen LogP contribution is 2.66. The maximum Gasteiger partial charge on any atom is 0.421 e. The molecule has 0 bridgehead atoms. The highest BCUT2D eigenvalue weighted by molar-refractivity contribution is 6.23. The van der Waals surface area contributed by atoms with Gasteiger partial charge in [-0.3, -0.25) is 19.3 Å². The van der Waals surface area contributed by atoms with Crippen LogP contribution in [0.5, 0.6) is 5.75 Å². The summed E-state index contributed by atoms with van der Waals surface area (Å²) in [5.74, 6) is 3.52. The monoisotopic (exact) mass is 976 g/mol. The molecule has 17 nitrogen and oxygen atoms in total. The van der Waals surface area contributed by atoms with Gasteiger partial charge < -0.3 is 34.4 Å². The summed E-state index contributed by atoms with van der Waals surface area (Å²) in [6.45, 7) is -0.276. The Labute approximate surface area is 418 Å². The molecule has 0 radical (unpaired) electrons. The van der Waals surface area contributed by atoms with Gasteiger partial charge in [0.2, 0.25) is 11.8 Å². The molecule has 3 amide bonds. The van der Waals surface area contributed by atoms with E-state index < -0.39 is 59.4 Å². The molecule has 0 saturated carbocycles. The van der Waals surface area contributed by atoms with Crippen LogP contribution in [0.1, 0.15) is 51.8 Å². The van der Waals surface area contributed by atoms with Gasteiger partial charge in [-0.05, 0) is 76.9 Å². The number of cyclic esters (lactones) is 1. The number of aliphatic hydroxyl groups is 1. The third-order valence-corrected chi connectivity index (χ3v) is 13.7. The second kappa shape index (κ2) is 19.8. The molecule has 73 heavy (non-hydrogen) atoms. The standard InChI is InChI=1S/C56H48N8O9/c1-70-31-32-72-55(69)63-44-27-22-35(13-12-28-62-45-21-11-10-20-43(45)60-61-62)33-40(44)56(54(63)68)47(52(66)57-34-46-58-41-18-8-9-19-42(41)59-46)49-53(67)73-50(37-16-6-3-7-17-37)48(36-14-4-2-5-15-36)64(49)51(56)38-23-25-39(26-24-38)71-30-29-65/h2-11,14-27,33,47-51,65H,28-32,34H2,1H3,(H,57,66)(H,58,59). The van der Waals surface area contributed by atoms with Crippen LogP contribution in [-0.2, 0) is 47.1 Å². The van der Waals surface area contributed by atoms with E-state index in [2.05, 4.69) is 32.5 Å². The van der Waals surface area contributed by atoms with Crippen LogP contribution in [-0.4, -0.2) is 98.4 Å². The highest BCUT2D eigenvalue weighted by Gasteiger charge is 2.75. The van der Waals surface area contributed by atoms with Gasteiger partial charge in [-0.25, -0.2) is 19.4 Å². The van der Waals surface area contributed by atoms with Gasteiger partial charge in [0, 0.05) is 12.7 Å². The third-order valence-electron chi connectivity index (χ3n) is 13.7. The molecule has 3 aliphatic heterocycles. The number of aromatic amines is 1. The first-order valence-corrected chi connectivity index (χ1v) is 23.8. The van der Waals surface area contributed by atoms with E-state index in [1.165, 1.54) is 7.11 Å². The molecule has 5 heterocycles. The summed E-state index contributed by atoms with van der Waals surface area (Å²) in [4.78, 5) is 73.4. The van der Waals surface area contributed by atoms with E-state index in [-0.39, 0.29) is 50.8 Å². The maximum absolute atomic E-state index is 16.5. The Morgan fingerprint density at radius 3 is 2.29 bits per heavy atom. The molecule has 17 heteroatoms. The van der Waals surface area contributed by atoms with Crippen molar-refractivity contribution in [3.63, 3.8) is 0 Å². The number of hydrogen-bond donors (Lipinski definition) is 3. The second-order valence-corrected chi connectivity index (χ2v) is 17.8. The zero-order valence-electron chi connectivity index (χ0n) is 39.5. The molecule has 366 valence electrons. The van der Waals surface area contributed by atoms with Crippen LogP contribution >= 0.6 is 0 Å². The van der Waals surface area contributed by atoms with Gasteiger partial charge in [-0.2, -0.15) is 0 Å². The van der Waals surface area contributed by atoms with Crippen molar-refractivity contribution in [3.8, 4) is 17.6 Å². The highest BCUT2D eigenvalue weighted by atomic mass is 16.6. The summed E-state index contributed by atoms with van der Waals surface area (Å²) in [5, 5.41) is 21.3. The van der Waals surface area contributed by atoms with E-state index in [4.69, 9.17) is 23.9 Å². The largest absolute Gasteiger partial charge is 0.491 e. The van der Waals surface area contributed by atoms with E-state index in [1.807, 2.05) is 114 Å². The van der Waals surface area contributed by atoms with Gasteiger partial charge in [-0.1, -0.05) is 114 Å². The van der Waals surface area contributed by atoms with Crippen LogP contribution in [0, 0.1) is 17.8 Å². The molecule has 2 fully saturated rings. The molecule has 2 aromatic heterocycles. The minimum absolute atomic E-state index is 0.0258. The molecule has 0 aliphatic carbocycles. The molecule has 3 N–H and O–H groups in total. The lowest BCUT2D eigenvalue weighted by molar-refractivity contribution is -0.178. The van der Waals surface area contributed by atoms with Gasteiger partial charge in [0.25, 0.3) is 0 Å². The van der Waals surface area contributed by atoms with Gasteiger partial charge >= 0.3 is 12.1 Å². The maximum atomic E-state index is 16.5. The Morgan fingerprint density at radius 2 is 1.53 bits per heavy atom. The number of morpholine rings is 1. The number of H-pyrrole nitrogens is 1. The van der Waals surface area contributed by atoms with E-state index in [0.717, 1.165) is 21.5 Å². The number of rotatable bonds is 13. The molecule has 6 atom stereocenters. The number of amides is 3. The van der Waals surface area contributed by atoms with Gasteiger partial charge in [0.1, 0.15) is 54.4 Å². The van der Waals surface area contributed by atoms with Crippen LogP contribution in [0.15, 0.2) is 152 Å². The zero-order chi connectivity index (χ0) is 50.1. The number of imide groups is 1. The number of nitrogens with zero attached hydrogens (tertiary/aromatic N) is 6. The average molecular weight is 977 g/mol. The molecule has 1 spiro atoms. The van der Waals surface area contributed by atoms with E-state index >= 15 is 14.4 Å². The molecule has 8 aromatic rings. The first kappa shape index (κ1) is 46.7. The van der Waals surface area contributed by atoms with Crippen molar-refractivity contribution in [3.05, 3.63) is 185 Å². The van der Waals surface area contributed by atoms with Crippen molar-refractivity contribution in [2.75, 3.05) is 38.4 Å². The summed E-state index contributed by atoms with van der Waals surface area (Å²) in [6.07, 6.45) is -1.94. The first-order valence-electron chi connectivity index (χ1n) is 23.8. The van der Waals surface area contributed by atoms with Crippen molar-refractivity contribution < 1.29 is 43.2 Å². The molecule has 11 rings (SSSR count). The van der Waals surface area contributed by atoms with E-state index in [9.17, 15) is 9.90 Å². The number of para-hydroxylation sites is 3. The number of carbonyl (C=O) groups excluding carboxylic acids is 4. The van der Waals surface area contributed by atoms with E-state index in [1.54, 1.807) is 47.1 Å². The number of aliphatic hydroxyl groups excluding tert-OH is 1. The number of imidazole rings is 1. The van der Waals surface area contributed by atoms with Gasteiger partial charge in [0.15, 0.2) is 0 Å². The van der Waals surface area contributed by atoms with Crippen LogP contribution in [0.3, 0.4) is 0 Å². The summed E-state index contributed by atoms with van der Waals surface area (Å²) >= 11 is 0. The minimum atomic E-state index is -2.08.